The molecule has 0 aliphatic heterocycles. The van der Waals surface area contributed by atoms with Crippen LogP contribution in [0, 0.1) is 11.3 Å². The molecule has 1 aromatic carbocycles. The number of nitriles is 1. The Hall–Kier alpha value is -1.73. The van der Waals surface area contributed by atoms with E-state index in [0.717, 1.165) is 12.0 Å². The van der Waals surface area contributed by atoms with Crippen LogP contribution in [0.15, 0.2) is 18.2 Å². The Morgan fingerprint density at radius 1 is 1.18 bits per heavy atom. The van der Waals surface area contributed by atoms with Gasteiger partial charge in [-0.2, -0.15) is 5.26 Å². The summed E-state index contributed by atoms with van der Waals surface area (Å²) >= 11 is 0. The van der Waals surface area contributed by atoms with E-state index >= 15 is 0 Å². The predicted molar refractivity (Wildman–Crippen MR) is 64.3 cm³/mol. The van der Waals surface area contributed by atoms with Crippen LogP contribution in [0.3, 0.4) is 0 Å². The Balaban J connectivity index is 2.66. The van der Waals surface area contributed by atoms with Crippen LogP contribution in [0.2, 0.25) is 0 Å². The highest BCUT2D eigenvalue weighted by Gasteiger charge is 2.05. The van der Waals surface area contributed by atoms with E-state index in [1.807, 2.05) is 18.2 Å². The van der Waals surface area contributed by atoms with Gasteiger partial charge in [-0.05, 0) is 17.7 Å². The molecule has 0 bridgehead atoms. The smallest absolute Gasteiger partial charge is 0.161 e. The maximum Gasteiger partial charge on any atom is 0.161 e. The first-order valence-corrected chi connectivity index (χ1v) is 5.47. The van der Waals surface area contributed by atoms with Crippen molar-refractivity contribution >= 4 is 0 Å². The summed E-state index contributed by atoms with van der Waals surface area (Å²) < 4.78 is 15.7. The van der Waals surface area contributed by atoms with Gasteiger partial charge >= 0.3 is 0 Å². The number of hydrogen-bond donors (Lipinski definition) is 0. The number of hydrogen-bond acceptors (Lipinski definition) is 4. The molecule has 0 aliphatic rings. The van der Waals surface area contributed by atoms with Crippen LogP contribution in [0.5, 0.6) is 11.5 Å². The van der Waals surface area contributed by atoms with E-state index in [1.165, 1.54) is 0 Å². The molecule has 0 amide bonds. The zero-order valence-corrected chi connectivity index (χ0v) is 10.2. The fourth-order valence-corrected chi connectivity index (χ4v) is 1.42. The van der Waals surface area contributed by atoms with Gasteiger partial charge in [0.15, 0.2) is 11.5 Å². The number of rotatable bonds is 7. The third kappa shape index (κ3) is 4.33. The van der Waals surface area contributed by atoms with Gasteiger partial charge in [-0.3, -0.25) is 0 Å². The van der Waals surface area contributed by atoms with E-state index in [-0.39, 0.29) is 0 Å². The fraction of sp³-hybridized carbons (Fsp3) is 0.462. The molecular weight excluding hydrogens is 218 g/mol. The van der Waals surface area contributed by atoms with E-state index in [4.69, 9.17) is 19.5 Å². The van der Waals surface area contributed by atoms with Gasteiger partial charge in [0.05, 0.1) is 26.2 Å². The van der Waals surface area contributed by atoms with E-state index < -0.39 is 0 Å². The molecule has 1 rings (SSSR count). The van der Waals surface area contributed by atoms with E-state index in [1.54, 1.807) is 14.2 Å². The summed E-state index contributed by atoms with van der Waals surface area (Å²) in [7, 11) is 3.26. The average Bonchev–Trinajstić information content (AvgIpc) is 2.35. The zero-order valence-electron chi connectivity index (χ0n) is 10.2. The Kier molecular flexibility index (Phi) is 5.91. The van der Waals surface area contributed by atoms with E-state index in [2.05, 4.69) is 6.07 Å². The lowest BCUT2D eigenvalue weighted by Gasteiger charge is -2.11. The Morgan fingerprint density at radius 2 is 2.00 bits per heavy atom. The third-order valence-electron chi connectivity index (χ3n) is 2.26. The minimum absolute atomic E-state index is 0.373. The first kappa shape index (κ1) is 13.3. The number of benzene rings is 1. The number of nitrogens with zero attached hydrogens (tertiary/aromatic N) is 1. The summed E-state index contributed by atoms with van der Waals surface area (Å²) in [6, 6.07) is 7.63. The van der Waals surface area contributed by atoms with Gasteiger partial charge in [-0.15, -0.1) is 0 Å². The predicted octanol–water partition coefficient (Wildman–Crippen LogP) is 2.18. The molecule has 0 saturated heterocycles. The van der Waals surface area contributed by atoms with Crippen LogP contribution in [-0.2, 0) is 11.2 Å². The van der Waals surface area contributed by atoms with Crippen LogP contribution < -0.4 is 9.47 Å². The normalized spacial score (nSPS) is 9.71. The summed E-state index contributed by atoms with van der Waals surface area (Å²) in [5, 5.41) is 8.64. The summed E-state index contributed by atoms with van der Waals surface area (Å²) in [4.78, 5) is 0. The number of ether oxygens (including phenoxy) is 3. The molecule has 17 heavy (non-hydrogen) atoms. The summed E-state index contributed by atoms with van der Waals surface area (Å²) in [6.45, 7) is 1.24. The first-order valence-electron chi connectivity index (χ1n) is 5.47. The Morgan fingerprint density at radius 3 is 2.65 bits per heavy atom. The second kappa shape index (κ2) is 7.53. The lowest BCUT2D eigenvalue weighted by molar-refractivity contribution is 0.170. The third-order valence-corrected chi connectivity index (χ3v) is 2.26. The zero-order chi connectivity index (χ0) is 12.5. The molecule has 0 N–H and O–H groups in total. The molecule has 1 aromatic rings. The van der Waals surface area contributed by atoms with Crippen LogP contribution in [-0.4, -0.2) is 27.4 Å². The average molecular weight is 235 g/mol. The van der Waals surface area contributed by atoms with Crippen molar-refractivity contribution in [2.75, 3.05) is 27.4 Å². The maximum absolute atomic E-state index is 8.64. The standard InChI is InChI=1S/C13H17NO3/c1-15-8-3-9-17-13-10-11(6-7-14)4-5-12(13)16-2/h4-5,10H,3,6,8-9H2,1-2H3. The van der Waals surface area contributed by atoms with Gasteiger partial charge in [0.1, 0.15) is 0 Å². The van der Waals surface area contributed by atoms with Crippen LogP contribution in [0.1, 0.15) is 12.0 Å². The van der Waals surface area contributed by atoms with E-state index in [9.17, 15) is 0 Å². The SMILES string of the molecule is COCCCOc1cc(CC#N)ccc1OC. The lowest BCUT2D eigenvalue weighted by Crippen LogP contribution is -2.03. The summed E-state index contributed by atoms with van der Waals surface area (Å²) in [6.07, 6.45) is 1.19. The van der Waals surface area contributed by atoms with Crippen molar-refractivity contribution in [1.82, 2.24) is 0 Å². The molecule has 0 radical (unpaired) electrons. The molecule has 0 atom stereocenters. The molecule has 92 valence electrons. The van der Waals surface area contributed by atoms with Gasteiger partial charge < -0.3 is 14.2 Å². The summed E-state index contributed by atoms with van der Waals surface area (Å²) in [5.41, 5.74) is 0.926. The molecule has 0 heterocycles. The monoisotopic (exact) mass is 235 g/mol. The minimum Gasteiger partial charge on any atom is -0.493 e. The maximum atomic E-state index is 8.64. The molecular formula is C13H17NO3. The van der Waals surface area contributed by atoms with Crippen molar-refractivity contribution in [2.45, 2.75) is 12.8 Å². The molecule has 0 aromatic heterocycles. The molecule has 0 saturated carbocycles. The highest BCUT2D eigenvalue weighted by molar-refractivity contribution is 5.43. The first-order chi connectivity index (χ1) is 8.31. The Labute approximate surface area is 102 Å². The van der Waals surface area contributed by atoms with Crippen molar-refractivity contribution in [3.63, 3.8) is 0 Å². The largest absolute Gasteiger partial charge is 0.493 e. The highest BCUT2D eigenvalue weighted by Crippen LogP contribution is 2.28. The number of methoxy groups -OCH3 is 2. The van der Waals surface area contributed by atoms with Gasteiger partial charge in [-0.25, -0.2) is 0 Å². The van der Waals surface area contributed by atoms with Gasteiger partial charge in [0.25, 0.3) is 0 Å². The van der Waals surface area contributed by atoms with Crippen molar-refractivity contribution in [3.05, 3.63) is 23.8 Å². The molecule has 0 fully saturated rings. The van der Waals surface area contributed by atoms with Crippen molar-refractivity contribution in [3.8, 4) is 17.6 Å². The van der Waals surface area contributed by atoms with Gasteiger partial charge in [0, 0.05) is 20.1 Å². The van der Waals surface area contributed by atoms with E-state index in [0.29, 0.717) is 31.1 Å². The topological polar surface area (TPSA) is 51.5 Å². The molecule has 0 unspecified atom stereocenters. The quantitative estimate of drug-likeness (QED) is 0.680. The van der Waals surface area contributed by atoms with Crippen LogP contribution in [0.4, 0.5) is 0 Å². The second-order valence-electron chi connectivity index (χ2n) is 3.51. The fourth-order valence-electron chi connectivity index (χ4n) is 1.42. The lowest BCUT2D eigenvalue weighted by atomic mass is 10.1. The summed E-state index contributed by atoms with van der Waals surface area (Å²) in [5.74, 6) is 1.36. The van der Waals surface area contributed by atoms with Crippen molar-refractivity contribution in [1.29, 1.82) is 5.26 Å². The van der Waals surface area contributed by atoms with Gasteiger partial charge in [0.2, 0.25) is 0 Å². The molecule has 4 heteroatoms. The minimum atomic E-state index is 0.373. The van der Waals surface area contributed by atoms with Crippen LogP contribution >= 0.6 is 0 Å². The highest BCUT2D eigenvalue weighted by atomic mass is 16.5. The molecule has 0 spiro atoms. The van der Waals surface area contributed by atoms with Crippen LogP contribution in [0.25, 0.3) is 0 Å². The molecule has 0 aliphatic carbocycles. The second-order valence-corrected chi connectivity index (χ2v) is 3.51. The van der Waals surface area contributed by atoms with Crippen molar-refractivity contribution in [2.24, 2.45) is 0 Å². The molecule has 4 nitrogen and oxygen atoms in total. The van der Waals surface area contributed by atoms with Gasteiger partial charge in [-0.1, -0.05) is 6.07 Å². The Bertz CT molecular complexity index is 385. The van der Waals surface area contributed by atoms with Crippen molar-refractivity contribution < 1.29 is 14.2 Å².